The Labute approximate surface area is 104 Å². The molecule has 1 heterocycles. The maximum atomic E-state index is 7.00. The Morgan fingerprint density at radius 3 is 1.94 bits per heavy atom. The van der Waals surface area contributed by atoms with Gasteiger partial charge in [-0.2, -0.15) is 0 Å². The first-order valence-electron chi connectivity index (χ1n) is 5.79. The van der Waals surface area contributed by atoms with Crippen LogP contribution in [0.15, 0.2) is 48.7 Å². The summed E-state index contributed by atoms with van der Waals surface area (Å²) in [5.74, 6) is 0. The van der Waals surface area contributed by atoms with E-state index in [0.717, 1.165) is 12.8 Å². The van der Waals surface area contributed by atoms with Crippen LogP contribution >= 0.6 is 0 Å². The molecule has 0 spiro atoms. The molecule has 0 aliphatic rings. The molecule has 2 aromatic rings. The first kappa shape index (κ1) is 15.3. The van der Waals surface area contributed by atoms with Gasteiger partial charge < -0.3 is 5.11 Å². The van der Waals surface area contributed by atoms with Crippen LogP contribution < -0.4 is 0 Å². The summed E-state index contributed by atoms with van der Waals surface area (Å²) in [6, 6.07) is 14.3. The number of nitrogens with zero attached hydrogens (tertiary/aromatic N) is 1. The second kappa shape index (κ2) is 9.55. The number of aliphatic hydroxyl groups is 1. The van der Waals surface area contributed by atoms with Crippen molar-refractivity contribution in [2.24, 2.45) is 0 Å². The van der Waals surface area contributed by atoms with E-state index in [1.807, 2.05) is 38.2 Å². The molecule has 0 saturated carbocycles. The number of rotatable bonds is 1. The number of hydrogen-bond acceptors (Lipinski definition) is 2. The van der Waals surface area contributed by atoms with Crippen molar-refractivity contribution in [3.8, 4) is 11.3 Å². The molecule has 0 saturated heterocycles. The SMILES string of the molecule is CC.CO.Cc1ccc(-c2ccccn2)cc1. The summed E-state index contributed by atoms with van der Waals surface area (Å²) in [6.45, 7) is 6.09. The van der Waals surface area contributed by atoms with Crippen molar-refractivity contribution in [1.82, 2.24) is 4.98 Å². The third kappa shape index (κ3) is 5.27. The van der Waals surface area contributed by atoms with Gasteiger partial charge in [-0.15, -0.1) is 0 Å². The zero-order valence-corrected chi connectivity index (χ0v) is 11.0. The maximum Gasteiger partial charge on any atom is 0.0701 e. The Morgan fingerprint density at radius 1 is 0.882 bits per heavy atom. The van der Waals surface area contributed by atoms with Crippen molar-refractivity contribution in [3.05, 3.63) is 54.2 Å². The van der Waals surface area contributed by atoms with Crippen LogP contribution in [-0.2, 0) is 0 Å². The Balaban J connectivity index is 0.000000581. The van der Waals surface area contributed by atoms with Crippen molar-refractivity contribution in [1.29, 1.82) is 0 Å². The van der Waals surface area contributed by atoms with Gasteiger partial charge in [0.2, 0.25) is 0 Å². The molecule has 0 atom stereocenters. The average molecular weight is 231 g/mol. The van der Waals surface area contributed by atoms with E-state index in [2.05, 4.69) is 36.2 Å². The van der Waals surface area contributed by atoms with E-state index in [1.54, 1.807) is 0 Å². The summed E-state index contributed by atoms with van der Waals surface area (Å²) in [6.07, 6.45) is 1.81. The van der Waals surface area contributed by atoms with Gasteiger partial charge in [-0.3, -0.25) is 4.98 Å². The molecule has 92 valence electrons. The Bertz CT molecular complexity index is 381. The molecule has 0 bridgehead atoms. The second-order valence-corrected chi connectivity index (χ2v) is 3.08. The van der Waals surface area contributed by atoms with E-state index in [1.165, 1.54) is 11.1 Å². The predicted octanol–water partition coefficient (Wildman–Crippen LogP) is 3.69. The highest BCUT2D eigenvalue weighted by Gasteiger charge is 1.95. The molecule has 0 aliphatic carbocycles. The molecule has 2 nitrogen and oxygen atoms in total. The second-order valence-electron chi connectivity index (χ2n) is 3.08. The van der Waals surface area contributed by atoms with Crippen LogP contribution in [0.2, 0.25) is 0 Å². The summed E-state index contributed by atoms with van der Waals surface area (Å²) in [5, 5.41) is 7.00. The first-order valence-corrected chi connectivity index (χ1v) is 5.79. The topological polar surface area (TPSA) is 33.1 Å². The molecule has 0 unspecified atom stereocenters. The van der Waals surface area contributed by atoms with Crippen LogP contribution in [0.5, 0.6) is 0 Å². The lowest BCUT2D eigenvalue weighted by molar-refractivity contribution is 0.399. The number of hydrogen-bond donors (Lipinski definition) is 1. The molecule has 0 radical (unpaired) electrons. The lowest BCUT2D eigenvalue weighted by Gasteiger charge is -1.99. The Hall–Kier alpha value is -1.67. The van der Waals surface area contributed by atoms with E-state index in [4.69, 9.17) is 5.11 Å². The number of benzene rings is 1. The summed E-state index contributed by atoms with van der Waals surface area (Å²) in [5.41, 5.74) is 3.48. The fourth-order valence-electron chi connectivity index (χ4n) is 1.26. The van der Waals surface area contributed by atoms with Gasteiger partial charge in [0.25, 0.3) is 0 Å². The molecule has 2 heteroatoms. The quantitative estimate of drug-likeness (QED) is 0.812. The number of aryl methyl sites for hydroxylation is 1. The third-order valence-electron chi connectivity index (χ3n) is 2.01. The van der Waals surface area contributed by atoms with Crippen LogP contribution in [0.4, 0.5) is 0 Å². The maximum absolute atomic E-state index is 7.00. The van der Waals surface area contributed by atoms with Crippen LogP contribution in [-0.4, -0.2) is 17.2 Å². The lowest BCUT2D eigenvalue weighted by atomic mass is 10.1. The van der Waals surface area contributed by atoms with Gasteiger partial charge in [0.05, 0.1) is 5.69 Å². The summed E-state index contributed by atoms with van der Waals surface area (Å²) in [7, 11) is 1.00. The molecule has 0 fully saturated rings. The third-order valence-corrected chi connectivity index (χ3v) is 2.01. The van der Waals surface area contributed by atoms with Crippen LogP contribution in [0, 0.1) is 6.92 Å². The minimum atomic E-state index is 1.00. The minimum absolute atomic E-state index is 1.00. The summed E-state index contributed by atoms with van der Waals surface area (Å²) in [4.78, 5) is 4.28. The smallest absolute Gasteiger partial charge is 0.0701 e. The first-order chi connectivity index (χ1) is 8.36. The van der Waals surface area contributed by atoms with Crippen molar-refractivity contribution >= 4 is 0 Å². The normalized spacial score (nSPS) is 8.29. The largest absolute Gasteiger partial charge is 0.400 e. The van der Waals surface area contributed by atoms with Crippen LogP contribution in [0.3, 0.4) is 0 Å². The molecule has 0 amide bonds. The molecule has 1 aromatic heterocycles. The van der Waals surface area contributed by atoms with Crippen LogP contribution in [0.1, 0.15) is 19.4 Å². The van der Waals surface area contributed by atoms with E-state index in [-0.39, 0.29) is 0 Å². The fraction of sp³-hybridized carbons (Fsp3) is 0.267. The lowest BCUT2D eigenvalue weighted by Crippen LogP contribution is -1.81. The molecular formula is C15H21NO. The minimum Gasteiger partial charge on any atom is -0.400 e. The van der Waals surface area contributed by atoms with Crippen LogP contribution in [0.25, 0.3) is 11.3 Å². The van der Waals surface area contributed by atoms with Gasteiger partial charge >= 0.3 is 0 Å². The predicted molar refractivity (Wildman–Crippen MR) is 73.9 cm³/mol. The highest BCUT2D eigenvalue weighted by molar-refractivity contribution is 5.58. The fourth-order valence-corrected chi connectivity index (χ4v) is 1.26. The summed E-state index contributed by atoms with van der Waals surface area (Å²) < 4.78 is 0. The Morgan fingerprint density at radius 2 is 1.47 bits per heavy atom. The summed E-state index contributed by atoms with van der Waals surface area (Å²) >= 11 is 0. The Kier molecular flexibility index (Phi) is 8.61. The van der Waals surface area contributed by atoms with Crippen molar-refractivity contribution < 1.29 is 5.11 Å². The van der Waals surface area contributed by atoms with Gasteiger partial charge in [-0.25, -0.2) is 0 Å². The van der Waals surface area contributed by atoms with E-state index in [0.29, 0.717) is 0 Å². The van der Waals surface area contributed by atoms with E-state index in [9.17, 15) is 0 Å². The molecule has 17 heavy (non-hydrogen) atoms. The number of aromatic nitrogens is 1. The zero-order valence-electron chi connectivity index (χ0n) is 11.0. The van der Waals surface area contributed by atoms with Gasteiger partial charge in [-0.1, -0.05) is 49.7 Å². The molecular weight excluding hydrogens is 210 g/mol. The van der Waals surface area contributed by atoms with Gasteiger partial charge in [0.1, 0.15) is 0 Å². The molecule has 1 aromatic carbocycles. The standard InChI is InChI=1S/C12H11N.C2H6.CH4O/c1-10-5-7-11(8-6-10)12-4-2-3-9-13-12;2*1-2/h2-9H,1H3;1-2H3;2H,1H3. The van der Waals surface area contributed by atoms with E-state index >= 15 is 0 Å². The van der Waals surface area contributed by atoms with Gasteiger partial charge in [0, 0.05) is 18.9 Å². The average Bonchev–Trinajstić information content (AvgIpc) is 2.45. The molecule has 1 N–H and O–H groups in total. The monoisotopic (exact) mass is 231 g/mol. The van der Waals surface area contributed by atoms with Crippen molar-refractivity contribution in [3.63, 3.8) is 0 Å². The number of aliphatic hydroxyl groups excluding tert-OH is 1. The van der Waals surface area contributed by atoms with Crippen molar-refractivity contribution in [2.75, 3.05) is 7.11 Å². The highest BCUT2D eigenvalue weighted by atomic mass is 16.2. The zero-order chi connectivity index (χ0) is 13.1. The molecule has 2 rings (SSSR count). The van der Waals surface area contributed by atoms with E-state index < -0.39 is 0 Å². The van der Waals surface area contributed by atoms with Gasteiger partial charge in [0.15, 0.2) is 0 Å². The molecule has 0 aliphatic heterocycles. The van der Waals surface area contributed by atoms with Crippen molar-refractivity contribution in [2.45, 2.75) is 20.8 Å². The highest BCUT2D eigenvalue weighted by Crippen LogP contribution is 2.15. The van der Waals surface area contributed by atoms with Gasteiger partial charge in [-0.05, 0) is 19.1 Å². The number of pyridine rings is 1.